The highest BCUT2D eigenvalue weighted by atomic mass is 19.2. The average Bonchev–Trinajstić information content (AvgIpc) is 2.94. The Balaban J connectivity index is 2.12. The van der Waals surface area contributed by atoms with Gasteiger partial charge in [0.1, 0.15) is 0 Å². The Morgan fingerprint density at radius 2 is 2.00 bits per heavy atom. The fraction of sp³-hybridized carbons (Fsp3) is 0.125. The van der Waals surface area contributed by atoms with Gasteiger partial charge in [-0.15, -0.1) is 0 Å². The molecule has 0 fully saturated rings. The van der Waals surface area contributed by atoms with Crippen molar-refractivity contribution < 1.29 is 18.3 Å². The molecule has 0 atom stereocenters. The van der Waals surface area contributed by atoms with Gasteiger partial charge in [-0.3, -0.25) is 4.68 Å². The van der Waals surface area contributed by atoms with Crippen molar-refractivity contribution in [1.82, 2.24) is 9.78 Å². The van der Waals surface area contributed by atoms with E-state index in [-0.39, 0.29) is 12.1 Å². The minimum atomic E-state index is -0.915. The van der Waals surface area contributed by atoms with Gasteiger partial charge in [0, 0.05) is 10.9 Å². The summed E-state index contributed by atoms with van der Waals surface area (Å²) < 4.78 is 33.3. The van der Waals surface area contributed by atoms with Gasteiger partial charge in [-0.05, 0) is 12.1 Å². The number of hydrogen-bond acceptors (Lipinski definition) is 3. The first-order chi connectivity index (χ1) is 10.6. The minimum absolute atomic E-state index is 0.0150. The second kappa shape index (κ2) is 5.55. The summed E-state index contributed by atoms with van der Waals surface area (Å²) in [5.41, 5.74) is 1.01. The molecule has 1 aromatic heterocycles. The molecule has 0 aliphatic carbocycles. The zero-order chi connectivity index (χ0) is 15.7. The highest BCUT2D eigenvalue weighted by Crippen LogP contribution is 2.21. The van der Waals surface area contributed by atoms with Gasteiger partial charge in [-0.2, -0.15) is 5.10 Å². The number of hydrogen-bond donors (Lipinski definition) is 0. The zero-order valence-corrected chi connectivity index (χ0v) is 11.7. The first kappa shape index (κ1) is 14.2. The largest absolute Gasteiger partial charge is 0.465 e. The van der Waals surface area contributed by atoms with Gasteiger partial charge < -0.3 is 4.74 Å². The molecule has 0 amide bonds. The molecule has 1 heterocycles. The van der Waals surface area contributed by atoms with E-state index in [1.54, 1.807) is 24.4 Å². The van der Waals surface area contributed by atoms with Crippen molar-refractivity contribution in [2.24, 2.45) is 0 Å². The number of benzene rings is 2. The molecule has 0 saturated heterocycles. The summed E-state index contributed by atoms with van der Waals surface area (Å²) in [6.07, 6.45) is 1.57. The van der Waals surface area contributed by atoms with Crippen LogP contribution in [-0.2, 0) is 11.3 Å². The van der Waals surface area contributed by atoms with Crippen LogP contribution in [0.4, 0.5) is 8.78 Å². The Labute approximate surface area is 124 Å². The van der Waals surface area contributed by atoms with Crippen LogP contribution in [0.25, 0.3) is 10.9 Å². The number of rotatable bonds is 3. The Hall–Kier alpha value is -2.76. The van der Waals surface area contributed by atoms with Crippen LogP contribution in [0.3, 0.4) is 0 Å². The molecular formula is C16H12F2N2O2. The molecule has 0 N–H and O–H groups in total. The number of carbonyl (C=O) groups excluding carboxylic acids is 1. The number of para-hydroxylation sites is 1. The average molecular weight is 302 g/mol. The van der Waals surface area contributed by atoms with E-state index < -0.39 is 17.6 Å². The molecule has 3 rings (SSSR count). The Kier molecular flexibility index (Phi) is 3.58. The van der Waals surface area contributed by atoms with Crippen molar-refractivity contribution in [3.63, 3.8) is 0 Å². The van der Waals surface area contributed by atoms with Crippen molar-refractivity contribution in [1.29, 1.82) is 0 Å². The van der Waals surface area contributed by atoms with Crippen molar-refractivity contribution in [3.8, 4) is 0 Å². The normalized spacial score (nSPS) is 10.9. The molecule has 0 unspecified atom stereocenters. The van der Waals surface area contributed by atoms with E-state index in [9.17, 15) is 13.6 Å². The molecular weight excluding hydrogens is 290 g/mol. The van der Waals surface area contributed by atoms with Crippen molar-refractivity contribution in [2.75, 3.05) is 7.11 Å². The smallest absolute Gasteiger partial charge is 0.340 e. The van der Waals surface area contributed by atoms with Crippen LogP contribution in [0, 0.1) is 11.6 Å². The zero-order valence-electron chi connectivity index (χ0n) is 11.7. The summed E-state index contributed by atoms with van der Waals surface area (Å²) in [4.78, 5) is 11.9. The van der Waals surface area contributed by atoms with E-state index in [2.05, 4.69) is 5.10 Å². The fourth-order valence-electron chi connectivity index (χ4n) is 2.37. The van der Waals surface area contributed by atoms with Crippen LogP contribution in [0.1, 0.15) is 15.9 Å². The second-order valence-corrected chi connectivity index (χ2v) is 4.75. The molecule has 0 spiro atoms. The number of methoxy groups -OCH3 is 1. The third-order valence-corrected chi connectivity index (χ3v) is 3.42. The Bertz CT molecular complexity index is 858. The molecule has 0 saturated carbocycles. The van der Waals surface area contributed by atoms with Crippen LogP contribution >= 0.6 is 0 Å². The lowest BCUT2D eigenvalue weighted by Gasteiger charge is -2.08. The maximum Gasteiger partial charge on any atom is 0.340 e. The predicted molar refractivity (Wildman–Crippen MR) is 76.5 cm³/mol. The third-order valence-electron chi connectivity index (χ3n) is 3.42. The van der Waals surface area contributed by atoms with Crippen LogP contribution < -0.4 is 0 Å². The third kappa shape index (κ3) is 2.32. The molecule has 2 aromatic carbocycles. The highest BCUT2D eigenvalue weighted by Gasteiger charge is 2.16. The quantitative estimate of drug-likeness (QED) is 0.698. The summed E-state index contributed by atoms with van der Waals surface area (Å²) in [6, 6.07) is 9.07. The van der Waals surface area contributed by atoms with Gasteiger partial charge in [0.2, 0.25) is 0 Å². The van der Waals surface area contributed by atoms with Crippen molar-refractivity contribution in [2.45, 2.75) is 6.54 Å². The molecule has 112 valence electrons. The number of carbonyl (C=O) groups is 1. The SMILES string of the molecule is COC(=O)c1cccc2cnn(Cc3cccc(F)c3F)c12. The van der Waals surface area contributed by atoms with Gasteiger partial charge in [0.25, 0.3) is 0 Å². The second-order valence-electron chi connectivity index (χ2n) is 4.75. The molecule has 3 aromatic rings. The molecule has 0 aliphatic rings. The fourth-order valence-corrected chi connectivity index (χ4v) is 2.37. The van der Waals surface area contributed by atoms with Crippen LogP contribution in [0.5, 0.6) is 0 Å². The maximum absolute atomic E-state index is 13.8. The van der Waals surface area contributed by atoms with E-state index in [0.717, 1.165) is 11.5 Å². The van der Waals surface area contributed by atoms with Gasteiger partial charge in [-0.1, -0.05) is 24.3 Å². The molecule has 0 aliphatic heterocycles. The van der Waals surface area contributed by atoms with Crippen LogP contribution in [-0.4, -0.2) is 22.9 Å². The summed E-state index contributed by atoms with van der Waals surface area (Å²) in [5.74, 6) is -2.34. The summed E-state index contributed by atoms with van der Waals surface area (Å²) in [6.45, 7) is 0.0150. The topological polar surface area (TPSA) is 44.1 Å². The van der Waals surface area contributed by atoms with Crippen LogP contribution in [0.2, 0.25) is 0 Å². The standard InChI is InChI=1S/C16H12F2N2O2/c1-22-16(21)12-6-2-4-10-8-19-20(15(10)12)9-11-5-3-7-13(17)14(11)18/h2-8H,9H2,1H3. The van der Waals surface area contributed by atoms with Gasteiger partial charge in [0.05, 0.1) is 30.9 Å². The van der Waals surface area contributed by atoms with Gasteiger partial charge >= 0.3 is 5.97 Å². The molecule has 22 heavy (non-hydrogen) atoms. The number of nitrogens with zero attached hydrogens (tertiary/aromatic N) is 2. The first-order valence-electron chi connectivity index (χ1n) is 6.57. The molecule has 6 heteroatoms. The monoisotopic (exact) mass is 302 g/mol. The Morgan fingerprint density at radius 1 is 1.23 bits per heavy atom. The van der Waals surface area contributed by atoms with E-state index in [1.807, 2.05) is 0 Å². The van der Waals surface area contributed by atoms with E-state index >= 15 is 0 Å². The van der Waals surface area contributed by atoms with E-state index in [0.29, 0.717) is 11.1 Å². The van der Waals surface area contributed by atoms with E-state index in [1.165, 1.54) is 23.9 Å². The van der Waals surface area contributed by atoms with E-state index in [4.69, 9.17) is 4.74 Å². The minimum Gasteiger partial charge on any atom is -0.465 e. The number of ether oxygens (including phenoxy) is 1. The highest BCUT2D eigenvalue weighted by molar-refractivity contribution is 6.02. The summed E-state index contributed by atoms with van der Waals surface area (Å²) >= 11 is 0. The van der Waals surface area contributed by atoms with Crippen molar-refractivity contribution >= 4 is 16.9 Å². The van der Waals surface area contributed by atoms with Crippen LogP contribution in [0.15, 0.2) is 42.6 Å². The van der Waals surface area contributed by atoms with Gasteiger partial charge in [-0.25, -0.2) is 13.6 Å². The lowest BCUT2D eigenvalue weighted by Crippen LogP contribution is -2.09. The predicted octanol–water partition coefficient (Wildman–Crippen LogP) is 3.15. The number of aromatic nitrogens is 2. The first-order valence-corrected chi connectivity index (χ1v) is 6.57. The van der Waals surface area contributed by atoms with Gasteiger partial charge in [0.15, 0.2) is 11.6 Å². The molecule has 0 bridgehead atoms. The molecule has 4 nitrogen and oxygen atoms in total. The lowest BCUT2D eigenvalue weighted by atomic mass is 10.1. The Morgan fingerprint density at radius 3 is 2.77 bits per heavy atom. The number of fused-ring (bicyclic) bond motifs is 1. The number of esters is 1. The number of halogens is 2. The molecule has 0 radical (unpaired) electrons. The lowest BCUT2D eigenvalue weighted by molar-refractivity contribution is 0.0602. The van der Waals surface area contributed by atoms with Crippen molar-refractivity contribution in [3.05, 3.63) is 65.4 Å². The summed E-state index contributed by atoms with van der Waals surface area (Å²) in [7, 11) is 1.29. The summed E-state index contributed by atoms with van der Waals surface area (Å²) in [5, 5.41) is 4.88. The maximum atomic E-state index is 13.8.